The fourth-order valence-electron chi connectivity index (χ4n) is 3.24. The van der Waals surface area contributed by atoms with Crippen LogP contribution < -0.4 is 20.1 Å². The second kappa shape index (κ2) is 8.24. The lowest BCUT2D eigenvalue weighted by atomic mass is 9.92. The zero-order chi connectivity index (χ0) is 17.2. The van der Waals surface area contributed by atoms with Crippen LogP contribution >= 0.6 is 23.7 Å². The summed E-state index contributed by atoms with van der Waals surface area (Å²) >= 11 is 1.44. The normalized spacial score (nSPS) is 21.6. The summed E-state index contributed by atoms with van der Waals surface area (Å²) in [6.07, 6.45) is 1.74. The summed E-state index contributed by atoms with van der Waals surface area (Å²) in [6, 6.07) is 6.18. The molecule has 140 valence electrons. The van der Waals surface area contributed by atoms with Gasteiger partial charge in [0, 0.05) is 22.9 Å². The third-order valence-corrected chi connectivity index (χ3v) is 5.32. The highest BCUT2D eigenvalue weighted by molar-refractivity contribution is 7.14. The fraction of sp³-hybridized carbons (Fsp3) is 0.444. The van der Waals surface area contributed by atoms with Gasteiger partial charge in [-0.1, -0.05) is 0 Å². The van der Waals surface area contributed by atoms with Crippen molar-refractivity contribution in [2.75, 3.05) is 25.1 Å². The van der Waals surface area contributed by atoms with Crippen molar-refractivity contribution < 1.29 is 14.3 Å². The van der Waals surface area contributed by atoms with Gasteiger partial charge in [0.1, 0.15) is 13.2 Å². The van der Waals surface area contributed by atoms with Gasteiger partial charge in [-0.2, -0.15) is 0 Å². The van der Waals surface area contributed by atoms with E-state index in [4.69, 9.17) is 9.47 Å². The molecule has 4 rings (SSSR count). The average Bonchev–Trinajstić information content (AvgIpc) is 3.10. The molecule has 0 radical (unpaired) electrons. The van der Waals surface area contributed by atoms with Crippen LogP contribution in [-0.4, -0.2) is 36.7 Å². The number of nitrogens with zero attached hydrogens (tertiary/aromatic N) is 1. The summed E-state index contributed by atoms with van der Waals surface area (Å²) in [6.45, 7) is 4.14. The summed E-state index contributed by atoms with van der Waals surface area (Å²) < 4.78 is 11.2. The summed E-state index contributed by atoms with van der Waals surface area (Å²) in [4.78, 5) is 17.0. The van der Waals surface area contributed by atoms with Crippen molar-refractivity contribution in [1.82, 2.24) is 10.3 Å². The molecule has 1 aromatic heterocycles. The number of benzene rings is 1. The van der Waals surface area contributed by atoms with Gasteiger partial charge >= 0.3 is 0 Å². The Labute approximate surface area is 162 Å². The van der Waals surface area contributed by atoms with Gasteiger partial charge in [0.2, 0.25) is 5.91 Å². The van der Waals surface area contributed by atoms with Crippen molar-refractivity contribution in [2.24, 2.45) is 5.92 Å². The molecule has 0 unspecified atom stereocenters. The lowest BCUT2D eigenvalue weighted by molar-refractivity contribution is -0.120. The molecule has 2 N–H and O–H groups in total. The van der Waals surface area contributed by atoms with Crippen LogP contribution in [0.25, 0.3) is 11.3 Å². The number of rotatable bonds is 3. The topological polar surface area (TPSA) is 72.5 Å². The number of hydrogen-bond acceptors (Lipinski definition) is 6. The van der Waals surface area contributed by atoms with Gasteiger partial charge in [0.25, 0.3) is 0 Å². The molecule has 0 bridgehead atoms. The molecule has 0 spiro atoms. The smallest absolute Gasteiger partial charge is 0.229 e. The van der Waals surface area contributed by atoms with Gasteiger partial charge < -0.3 is 20.1 Å². The summed E-state index contributed by atoms with van der Waals surface area (Å²) in [5.41, 5.74) is 1.78. The largest absolute Gasteiger partial charge is 0.486 e. The molecule has 2 atom stereocenters. The molecule has 2 aliphatic heterocycles. The number of piperidine rings is 1. The lowest BCUT2D eigenvalue weighted by Crippen LogP contribution is -2.40. The van der Waals surface area contributed by atoms with E-state index in [1.54, 1.807) is 0 Å². The number of hydrogen-bond donors (Lipinski definition) is 2. The molecular formula is C18H22ClN3O3S. The van der Waals surface area contributed by atoms with Crippen LogP contribution in [0.4, 0.5) is 5.13 Å². The Kier molecular flexibility index (Phi) is 6.01. The zero-order valence-electron chi connectivity index (χ0n) is 14.5. The van der Waals surface area contributed by atoms with Gasteiger partial charge in [-0.15, -0.1) is 23.7 Å². The van der Waals surface area contributed by atoms with Crippen LogP contribution in [0.3, 0.4) is 0 Å². The number of carbonyl (C=O) groups is 1. The van der Waals surface area contributed by atoms with Gasteiger partial charge in [-0.25, -0.2) is 4.98 Å². The number of fused-ring (bicyclic) bond motifs is 1. The van der Waals surface area contributed by atoms with E-state index in [-0.39, 0.29) is 24.2 Å². The molecule has 6 nitrogen and oxygen atoms in total. The van der Waals surface area contributed by atoms with Crippen LogP contribution in [0.2, 0.25) is 0 Å². The maximum Gasteiger partial charge on any atom is 0.229 e. The van der Waals surface area contributed by atoms with Gasteiger partial charge in [0.05, 0.1) is 5.69 Å². The number of thiazole rings is 1. The van der Waals surface area contributed by atoms with E-state index in [0.29, 0.717) is 24.4 Å². The highest BCUT2D eigenvalue weighted by Crippen LogP contribution is 2.35. The predicted molar refractivity (Wildman–Crippen MR) is 105 cm³/mol. The van der Waals surface area contributed by atoms with E-state index in [0.717, 1.165) is 42.1 Å². The molecule has 0 aliphatic carbocycles. The highest BCUT2D eigenvalue weighted by Gasteiger charge is 2.25. The molecular weight excluding hydrogens is 374 g/mol. The van der Waals surface area contributed by atoms with E-state index in [1.165, 1.54) is 11.3 Å². The molecule has 1 aromatic carbocycles. The van der Waals surface area contributed by atoms with E-state index in [2.05, 4.69) is 22.5 Å². The fourth-order valence-corrected chi connectivity index (χ4v) is 3.97. The Balaban J connectivity index is 0.00000196. The summed E-state index contributed by atoms with van der Waals surface area (Å²) in [7, 11) is 0. The van der Waals surface area contributed by atoms with Crippen molar-refractivity contribution >= 4 is 34.8 Å². The lowest BCUT2D eigenvalue weighted by Gasteiger charge is -2.26. The van der Waals surface area contributed by atoms with Gasteiger partial charge in [0.15, 0.2) is 16.6 Å². The minimum absolute atomic E-state index is 0. The third-order valence-electron chi connectivity index (χ3n) is 4.57. The first-order chi connectivity index (χ1) is 12.2. The second-order valence-corrected chi connectivity index (χ2v) is 7.32. The van der Waals surface area contributed by atoms with Crippen LogP contribution in [-0.2, 0) is 4.79 Å². The number of ether oxygens (including phenoxy) is 2. The number of nitrogens with one attached hydrogen (secondary N) is 2. The molecule has 0 saturated carbocycles. The second-order valence-electron chi connectivity index (χ2n) is 6.46. The number of carbonyl (C=O) groups excluding carboxylic acids is 1. The maximum atomic E-state index is 12.4. The molecule has 2 aliphatic rings. The van der Waals surface area contributed by atoms with Crippen molar-refractivity contribution in [3.8, 4) is 22.8 Å². The van der Waals surface area contributed by atoms with Crippen molar-refractivity contribution in [3.05, 3.63) is 23.6 Å². The van der Waals surface area contributed by atoms with Crippen LogP contribution in [0.15, 0.2) is 23.6 Å². The monoisotopic (exact) mass is 395 g/mol. The standard InChI is InChI=1S/C18H21N3O3S.ClH/c1-11-8-13(4-5-19-11)17(22)21-18-20-14(10-25-18)12-2-3-15-16(9-12)24-7-6-23-15;/h2-3,9-11,13,19H,4-8H2,1H3,(H,20,21,22);1H/t11-,13-;/m0./s1. The van der Waals surface area contributed by atoms with Crippen LogP contribution in [0, 0.1) is 5.92 Å². The molecule has 1 saturated heterocycles. The van der Waals surface area contributed by atoms with Crippen molar-refractivity contribution in [2.45, 2.75) is 25.8 Å². The SMILES string of the molecule is C[C@H]1C[C@@H](C(=O)Nc2nc(-c3ccc4c(c3)OCCO4)cs2)CCN1.Cl. The predicted octanol–water partition coefficient (Wildman–Crippen LogP) is 3.33. The molecule has 26 heavy (non-hydrogen) atoms. The summed E-state index contributed by atoms with van der Waals surface area (Å²) in [5.74, 6) is 1.62. The number of halogens is 1. The van der Waals surface area contributed by atoms with Gasteiger partial charge in [-0.05, 0) is 44.5 Å². The first-order valence-corrected chi connectivity index (χ1v) is 9.47. The molecule has 3 heterocycles. The maximum absolute atomic E-state index is 12.4. The Morgan fingerprint density at radius 2 is 2.12 bits per heavy atom. The van der Waals surface area contributed by atoms with Gasteiger partial charge in [-0.3, -0.25) is 4.79 Å². The molecule has 1 amide bonds. The minimum Gasteiger partial charge on any atom is -0.486 e. The van der Waals surface area contributed by atoms with E-state index in [1.807, 2.05) is 23.6 Å². The first kappa shape index (κ1) is 18.9. The molecule has 8 heteroatoms. The Morgan fingerprint density at radius 1 is 1.31 bits per heavy atom. The Morgan fingerprint density at radius 3 is 2.92 bits per heavy atom. The van der Waals surface area contributed by atoms with Crippen molar-refractivity contribution in [1.29, 1.82) is 0 Å². The molecule has 1 fully saturated rings. The average molecular weight is 396 g/mol. The van der Waals surface area contributed by atoms with E-state index in [9.17, 15) is 4.79 Å². The Bertz CT molecular complexity index is 783. The quantitative estimate of drug-likeness (QED) is 0.834. The third kappa shape index (κ3) is 4.11. The number of aromatic nitrogens is 1. The number of anilines is 1. The molecule has 2 aromatic rings. The van der Waals surface area contributed by atoms with E-state index >= 15 is 0 Å². The van der Waals surface area contributed by atoms with Crippen molar-refractivity contribution in [3.63, 3.8) is 0 Å². The first-order valence-electron chi connectivity index (χ1n) is 8.59. The Hall–Kier alpha value is -1.83. The minimum atomic E-state index is 0. The van der Waals surface area contributed by atoms with E-state index < -0.39 is 0 Å². The number of amides is 1. The zero-order valence-corrected chi connectivity index (χ0v) is 16.1. The highest BCUT2D eigenvalue weighted by atomic mass is 35.5. The van der Waals surface area contributed by atoms with Crippen LogP contribution in [0.1, 0.15) is 19.8 Å². The summed E-state index contributed by atoms with van der Waals surface area (Å²) in [5, 5.41) is 8.93. The van der Waals surface area contributed by atoms with Crippen LogP contribution in [0.5, 0.6) is 11.5 Å².